The molecule has 2 aromatic heterocycles. The van der Waals surface area contributed by atoms with Crippen LogP contribution in [0.25, 0.3) is 11.3 Å². The molecule has 0 aliphatic carbocycles. The Balaban J connectivity index is 1.70. The Morgan fingerprint density at radius 1 is 1.09 bits per heavy atom. The van der Waals surface area contributed by atoms with E-state index in [1.165, 1.54) is 22.1 Å². The molecule has 0 spiro atoms. The third-order valence-corrected chi connectivity index (χ3v) is 3.94. The molecule has 0 unspecified atom stereocenters. The standard InChI is InChI=1S/C16H14N4O2S/c1-20-15(21)9-8-13(19-20)11-4-6-12(7-5-11)17-16(22)18-14-3-2-10-23-14/h2-10H,1H3,(H2,17,18,22). The molecule has 3 rings (SSSR count). The van der Waals surface area contributed by atoms with Gasteiger partial charge in [-0.05, 0) is 35.7 Å². The number of urea groups is 1. The molecule has 0 bridgehead atoms. The molecule has 6 nitrogen and oxygen atoms in total. The first-order valence-corrected chi connectivity index (χ1v) is 7.76. The zero-order valence-electron chi connectivity index (χ0n) is 12.3. The number of hydrogen-bond donors (Lipinski definition) is 2. The Kier molecular flexibility index (Phi) is 4.20. The number of anilines is 2. The number of hydrogen-bond acceptors (Lipinski definition) is 4. The lowest BCUT2D eigenvalue weighted by atomic mass is 10.1. The van der Waals surface area contributed by atoms with Crippen molar-refractivity contribution in [1.29, 1.82) is 0 Å². The van der Waals surface area contributed by atoms with Crippen molar-refractivity contribution in [3.05, 3.63) is 64.3 Å². The molecule has 2 amide bonds. The first kappa shape index (κ1) is 15.0. The maximum absolute atomic E-state index is 11.9. The smallest absolute Gasteiger partial charge is 0.308 e. The van der Waals surface area contributed by atoms with Crippen LogP contribution >= 0.6 is 11.3 Å². The number of nitrogens with zero attached hydrogens (tertiary/aromatic N) is 2. The molecule has 0 aliphatic heterocycles. The third kappa shape index (κ3) is 3.64. The minimum atomic E-state index is -0.291. The van der Waals surface area contributed by atoms with Gasteiger partial charge in [0.1, 0.15) is 0 Å². The summed E-state index contributed by atoms with van der Waals surface area (Å²) >= 11 is 1.46. The minimum Gasteiger partial charge on any atom is -0.308 e. The van der Waals surface area contributed by atoms with Crippen LogP contribution in [-0.2, 0) is 7.05 Å². The highest BCUT2D eigenvalue weighted by molar-refractivity contribution is 7.14. The van der Waals surface area contributed by atoms with Gasteiger partial charge in [0.05, 0.1) is 10.7 Å². The van der Waals surface area contributed by atoms with E-state index in [0.29, 0.717) is 11.4 Å². The number of aromatic nitrogens is 2. The number of amides is 2. The fraction of sp³-hybridized carbons (Fsp3) is 0.0625. The van der Waals surface area contributed by atoms with Gasteiger partial charge < -0.3 is 5.32 Å². The van der Waals surface area contributed by atoms with E-state index >= 15 is 0 Å². The molecule has 3 aromatic rings. The van der Waals surface area contributed by atoms with Gasteiger partial charge in [-0.15, -0.1) is 11.3 Å². The summed E-state index contributed by atoms with van der Waals surface area (Å²) in [5, 5.41) is 12.4. The molecule has 0 fully saturated rings. The summed E-state index contributed by atoms with van der Waals surface area (Å²) in [7, 11) is 1.61. The summed E-state index contributed by atoms with van der Waals surface area (Å²) in [5.41, 5.74) is 2.08. The summed E-state index contributed by atoms with van der Waals surface area (Å²) in [5.74, 6) is 0. The molecule has 7 heteroatoms. The first-order valence-electron chi connectivity index (χ1n) is 6.88. The van der Waals surface area contributed by atoms with Crippen molar-refractivity contribution < 1.29 is 4.79 Å². The van der Waals surface area contributed by atoms with Crippen LogP contribution in [0.5, 0.6) is 0 Å². The maximum atomic E-state index is 11.9. The number of carbonyl (C=O) groups excluding carboxylic acids is 1. The highest BCUT2D eigenvalue weighted by Gasteiger charge is 2.05. The number of rotatable bonds is 3. The maximum Gasteiger partial charge on any atom is 0.324 e. The predicted molar refractivity (Wildman–Crippen MR) is 91.9 cm³/mol. The van der Waals surface area contributed by atoms with E-state index in [2.05, 4.69) is 15.7 Å². The van der Waals surface area contributed by atoms with E-state index in [4.69, 9.17) is 0 Å². The van der Waals surface area contributed by atoms with Crippen LogP contribution in [0.15, 0.2) is 58.7 Å². The zero-order chi connectivity index (χ0) is 16.2. The van der Waals surface area contributed by atoms with Gasteiger partial charge >= 0.3 is 6.03 Å². The van der Waals surface area contributed by atoms with Gasteiger partial charge in [-0.25, -0.2) is 9.48 Å². The summed E-state index contributed by atoms with van der Waals surface area (Å²) in [6.07, 6.45) is 0. The topological polar surface area (TPSA) is 76.0 Å². The highest BCUT2D eigenvalue weighted by atomic mass is 32.1. The summed E-state index contributed by atoms with van der Waals surface area (Å²) in [6, 6.07) is 13.8. The van der Waals surface area contributed by atoms with Gasteiger partial charge in [-0.2, -0.15) is 5.10 Å². The van der Waals surface area contributed by atoms with Gasteiger partial charge in [-0.3, -0.25) is 10.1 Å². The lowest BCUT2D eigenvalue weighted by molar-refractivity contribution is 0.262. The quantitative estimate of drug-likeness (QED) is 0.776. The SMILES string of the molecule is Cn1nc(-c2ccc(NC(=O)Nc3cccs3)cc2)ccc1=O. The molecule has 1 aromatic carbocycles. The number of carbonyl (C=O) groups is 1. The van der Waals surface area contributed by atoms with Crippen LogP contribution in [0.3, 0.4) is 0 Å². The van der Waals surface area contributed by atoms with Crippen LogP contribution in [0, 0.1) is 0 Å². The second-order valence-corrected chi connectivity index (χ2v) is 5.76. The van der Waals surface area contributed by atoms with E-state index in [1.54, 1.807) is 25.2 Å². The Hall–Kier alpha value is -2.93. The van der Waals surface area contributed by atoms with Crippen molar-refractivity contribution in [2.75, 3.05) is 10.6 Å². The normalized spacial score (nSPS) is 10.3. The number of thiophene rings is 1. The van der Waals surface area contributed by atoms with Crippen molar-refractivity contribution >= 4 is 28.1 Å². The van der Waals surface area contributed by atoms with E-state index in [-0.39, 0.29) is 11.6 Å². The van der Waals surface area contributed by atoms with Gasteiger partial charge in [0.2, 0.25) is 0 Å². The van der Waals surface area contributed by atoms with Crippen molar-refractivity contribution in [1.82, 2.24) is 9.78 Å². The zero-order valence-corrected chi connectivity index (χ0v) is 13.1. The van der Waals surface area contributed by atoms with Crippen molar-refractivity contribution in [3.8, 4) is 11.3 Å². The molecular formula is C16H14N4O2S. The Morgan fingerprint density at radius 2 is 1.87 bits per heavy atom. The highest BCUT2D eigenvalue weighted by Crippen LogP contribution is 2.19. The fourth-order valence-corrected chi connectivity index (χ4v) is 2.62. The first-order chi connectivity index (χ1) is 11.1. The molecule has 2 N–H and O–H groups in total. The van der Waals surface area contributed by atoms with Crippen LogP contribution in [0.1, 0.15) is 0 Å². The van der Waals surface area contributed by atoms with Gasteiger partial charge in [-0.1, -0.05) is 12.1 Å². The Labute approximate surface area is 136 Å². The van der Waals surface area contributed by atoms with E-state index < -0.39 is 0 Å². The lowest BCUT2D eigenvalue weighted by Crippen LogP contribution is -2.19. The molecule has 23 heavy (non-hydrogen) atoms. The van der Waals surface area contributed by atoms with Gasteiger partial charge in [0.25, 0.3) is 5.56 Å². The van der Waals surface area contributed by atoms with Gasteiger partial charge in [0.15, 0.2) is 0 Å². The fourth-order valence-electron chi connectivity index (χ4n) is 2.00. The Morgan fingerprint density at radius 3 is 2.52 bits per heavy atom. The average Bonchev–Trinajstić information content (AvgIpc) is 3.03. The van der Waals surface area contributed by atoms with E-state index in [0.717, 1.165) is 10.6 Å². The van der Waals surface area contributed by atoms with Crippen LogP contribution in [0.2, 0.25) is 0 Å². The second-order valence-electron chi connectivity index (χ2n) is 4.81. The van der Waals surface area contributed by atoms with E-state index in [9.17, 15) is 9.59 Å². The van der Waals surface area contributed by atoms with Crippen LogP contribution < -0.4 is 16.2 Å². The van der Waals surface area contributed by atoms with Crippen LogP contribution in [0.4, 0.5) is 15.5 Å². The third-order valence-electron chi connectivity index (χ3n) is 3.16. The molecule has 0 atom stereocenters. The number of aryl methyl sites for hydroxylation is 1. The lowest BCUT2D eigenvalue weighted by Gasteiger charge is -2.07. The number of benzene rings is 1. The average molecular weight is 326 g/mol. The predicted octanol–water partition coefficient (Wildman–Crippen LogP) is 3.15. The molecule has 2 heterocycles. The molecular weight excluding hydrogens is 312 g/mol. The largest absolute Gasteiger partial charge is 0.324 e. The summed E-state index contributed by atoms with van der Waals surface area (Å²) in [6.45, 7) is 0. The van der Waals surface area contributed by atoms with Crippen molar-refractivity contribution in [3.63, 3.8) is 0 Å². The molecule has 0 aliphatic rings. The summed E-state index contributed by atoms with van der Waals surface area (Å²) < 4.78 is 1.29. The van der Waals surface area contributed by atoms with Gasteiger partial charge in [0, 0.05) is 24.4 Å². The van der Waals surface area contributed by atoms with Crippen LogP contribution in [-0.4, -0.2) is 15.8 Å². The molecule has 116 valence electrons. The molecule has 0 saturated heterocycles. The molecule has 0 radical (unpaired) electrons. The Bertz CT molecular complexity index is 870. The van der Waals surface area contributed by atoms with Crippen molar-refractivity contribution in [2.45, 2.75) is 0 Å². The monoisotopic (exact) mass is 326 g/mol. The number of nitrogens with one attached hydrogen (secondary N) is 2. The molecule has 0 saturated carbocycles. The van der Waals surface area contributed by atoms with Crippen molar-refractivity contribution in [2.24, 2.45) is 7.05 Å². The second kappa shape index (κ2) is 6.45. The minimum absolute atomic E-state index is 0.155. The van der Waals surface area contributed by atoms with E-state index in [1.807, 2.05) is 29.6 Å². The summed E-state index contributed by atoms with van der Waals surface area (Å²) in [4.78, 5) is 23.2.